The summed E-state index contributed by atoms with van der Waals surface area (Å²) in [5, 5.41) is 3.84. The molecule has 3 heteroatoms. The van der Waals surface area contributed by atoms with Gasteiger partial charge >= 0.3 is 0 Å². The van der Waals surface area contributed by atoms with Gasteiger partial charge in [-0.05, 0) is 70.7 Å². The molecule has 3 nitrogen and oxygen atoms in total. The molecule has 2 unspecified atom stereocenters. The van der Waals surface area contributed by atoms with Gasteiger partial charge in [0.25, 0.3) is 0 Å². The molecule has 0 saturated carbocycles. The van der Waals surface area contributed by atoms with Crippen LogP contribution in [0, 0.1) is 0 Å². The van der Waals surface area contributed by atoms with Gasteiger partial charge in [0, 0.05) is 11.6 Å². The summed E-state index contributed by atoms with van der Waals surface area (Å²) in [7, 11) is 0. The Balaban J connectivity index is 2.19. The lowest BCUT2D eigenvalue weighted by Crippen LogP contribution is -2.61. The van der Waals surface area contributed by atoms with Crippen LogP contribution < -0.4 is 5.32 Å². The van der Waals surface area contributed by atoms with E-state index in [4.69, 9.17) is 4.74 Å². The molecular formula is C18H34N2O. The lowest BCUT2D eigenvalue weighted by atomic mass is 9.80. The highest BCUT2D eigenvalue weighted by atomic mass is 16.5. The van der Waals surface area contributed by atoms with Crippen molar-refractivity contribution in [2.75, 3.05) is 26.2 Å². The van der Waals surface area contributed by atoms with E-state index in [-0.39, 0.29) is 5.54 Å². The van der Waals surface area contributed by atoms with Crippen molar-refractivity contribution >= 4 is 0 Å². The predicted molar refractivity (Wildman–Crippen MR) is 89.5 cm³/mol. The van der Waals surface area contributed by atoms with E-state index < -0.39 is 0 Å². The van der Waals surface area contributed by atoms with Crippen molar-refractivity contribution in [2.45, 2.75) is 77.3 Å². The molecule has 0 radical (unpaired) electrons. The Bertz CT molecular complexity index is 336. The average molecular weight is 294 g/mol. The molecule has 2 aliphatic heterocycles. The topological polar surface area (TPSA) is 24.5 Å². The standard InChI is InChI=1S/C18H34N2O/c1-4-11-19-17(16-10-9-14-21-15-16)18(3,5-2)20-12-7-6-8-13-20/h15,17,19H,4-14H2,1-3H3. The van der Waals surface area contributed by atoms with Crippen molar-refractivity contribution in [3.63, 3.8) is 0 Å². The summed E-state index contributed by atoms with van der Waals surface area (Å²) in [4.78, 5) is 2.74. The monoisotopic (exact) mass is 294 g/mol. The minimum Gasteiger partial charge on any atom is -0.501 e. The molecule has 0 aromatic rings. The van der Waals surface area contributed by atoms with Crippen LogP contribution in [0.5, 0.6) is 0 Å². The molecule has 1 N–H and O–H groups in total. The van der Waals surface area contributed by atoms with Gasteiger partial charge in [0.05, 0.1) is 12.9 Å². The maximum Gasteiger partial charge on any atom is 0.0876 e. The van der Waals surface area contributed by atoms with Gasteiger partial charge in [0.15, 0.2) is 0 Å². The molecule has 1 saturated heterocycles. The molecule has 122 valence electrons. The Labute approximate surface area is 131 Å². The van der Waals surface area contributed by atoms with E-state index in [0.29, 0.717) is 6.04 Å². The minimum absolute atomic E-state index is 0.210. The van der Waals surface area contributed by atoms with E-state index in [9.17, 15) is 0 Å². The van der Waals surface area contributed by atoms with Gasteiger partial charge in [-0.2, -0.15) is 0 Å². The second kappa shape index (κ2) is 8.19. The number of hydrogen-bond donors (Lipinski definition) is 1. The number of nitrogens with one attached hydrogen (secondary N) is 1. The third-order valence-electron chi connectivity index (χ3n) is 5.35. The molecule has 0 amide bonds. The number of hydrogen-bond acceptors (Lipinski definition) is 3. The van der Waals surface area contributed by atoms with Crippen LogP contribution in [0.25, 0.3) is 0 Å². The molecule has 0 aromatic heterocycles. The summed E-state index contributed by atoms with van der Waals surface area (Å²) in [5.74, 6) is 0. The fourth-order valence-electron chi connectivity index (χ4n) is 3.85. The third-order valence-corrected chi connectivity index (χ3v) is 5.35. The van der Waals surface area contributed by atoms with Crippen molar-refractivity contribution in [2.24, 2.45) is 0 Å². The summed E-state index contributed by atoms with van der Waals surface area (Å²) >= 11 is 0. The van der Waals surface area contributed by atoms with E-state index in [1.54, 1.807) is 0 Å². The molecular weight excluding hydrogens is 260 g/mol. The lowest BCUT2D eigenvalue weighted by molar-refractivity contribution is 0.0494. The number of ether oxygens (including phenoxy) is 1. The Hall–Kier alpha value is -0.540. The summed E-state index contributed by atoms with van der Waals surface area (Å²) in [6.07, 6.45) is 10.9. The molecule has 1 fully saturated rings. The zero-order valence-corrected chi connectivity index (χ0v) is 14.3. The van der Waals surface area contributed by atoms with Crippen molar-refractivity contribution < 1.29 is 4.74 Å². The fourth-order valence-corrected chi connectivity index (χ4v) is 3.85. The Morgan fingerprint density at radius 3 is 2.57 bits per heavy atom. The Morgan fingerprint density at radius 1 is 1.24 bits per heavy atom. The van der Waals surface area contributed by atoms with E-state index in [0.717, 1.165) is 19.6 Å². The van der Waals surface area contributed by atoms with E-state index in [2.05, 4.69) is 37.2 Å². The molecule has 2 heterocycles. The molecule has 21 heavy (non-hydrogen) atoms. The van der Waals surface area contributed by atoms with Crippen molar-refractivity contribution in [1.82, 2.24) is 10.2 Å². The van der Waals surface area contributed by atoms with Crippen LogP contribution in [0.3, 0.4) is 0 Å². The van der Waals surface area contributed by atoms with Crippen LogP contribution in [0.2, 0.25) is 0 Å². The third kappa shape index (κ3) is 4.01. The zero-order valence-electron chi connectivity index (χ0n) is 14.3. The number of nitrogens with zero attached hydrogens (tertiary/aromatic N) is 1. The summed E-state index contributed by atoms with van der Waals surface area (Å²) < 4.78 is 5.65. The van der Waals surface area contributed by atoms with E-state index in [1.807, 2.05) is 0 Å². The van der Waals surface area contributed by atoms with Crippen LogP contribution in [0.4, 0.5) is 0 Å². The van der Waals surface area contributed by atoms with Gasteiger partial charge in [0.1, 0.15) is 0 Å². The first-order valence-corrected chi connectivity index (χ1v) is 9.01. The maximum absolute atomic E-state index is 5.65. The molecule has 0 bridgehead atoms. The number of piperidine rings is 1. The molecule has 2 rings (SSSR count). The SMILES string of the molecule is CCCNC(C1=COCCC1)C(C)(CC)N1CCCCC1. The Morgan fingerprint density at radius 2 is 2.00 bits per heavy atom. The zero-order chi connectivity index (χ0) is 15.1. The predicted octanol–water partition coefficient (Wildman–Crippen LogP) is 3.70. The number of likely N-dealkylation sites (tertiary alicyclic amines) is 1. The van der Waals surface area contributed by atoms with Crippen LogP contribution in [0.1, 0.15) is 65.7 Å². The second-order valence-corrected chi connectivity index (χ2v) is 6.81. The van der Waals surface area contributed by atoms with Gasteiger partial charge in [-0.25, -0.2) is 0 Å². The fraction of sp³-hybridized carbons (Fsp3) is 0.889. The van der Waals surface area contributed by atoms with Crippen molar-refractivity contribution in [3.8, 4) is 0 Å². The van der Waals surface area contributed by atoms with Gasteiger partial charge in [-0.3, -0.25) is 4.90 Å². The first kappa shape index (κ1) is 16.8. The highest BCUT2D eigenvalue weighted by molar-refractivity contribution is 5.18. The smallest absolute Gasteiger partial charge is 0.0876 e. The highest BCUT2D eigenvalue weighted by Crippen LogP contribution is 2.33. The summed E-state index contributed by atoms with van der Waals surface area (Å²) in [5.41, 5.74) is 1.69. The lowest BCUT2D eigenvalue weighted by Gasteiger charge is -2.49. The van der Waals surface area contributed by atoms with Gasteiger partial charge in [0.2, 0.25) is 0 Å². The second-order valence-electron chi connectivity index (χ2n) is 6.81. The summed E-state index contributed by atoms with van der Waals surface area (Å²) in [6.45, 7) is 11.5. The van der Waals surface area contributed by atoms with Crippen molar-refractivity contribution in [3.05, 3.63) is 11.8 Å². The summed E-state index contributed by atoms with van der Waals surface area (Å²) in [6, 6.07) is 0.431. The van der Waals surface area contributed by atoms with Gasteiger partial charge < -0.3 is 10.1 Å². The largest absolute Gasteiger partial charge is 0.501 e. The average Bonchev–Trinajstić information content (AvgIpc) is 2.56. The van der Waals surface area contributed by atoms with Crippen molar-refractivity contribution in [1.29, 1.82) is 0 Å². The van der Waals surface area contributed by atoms with Gasteiger partial charge in [-0.15, -0.1) is 0 Å². The Kier molecular flexibility index (Phi) is 6.56. The highest BCUT2D eigenvalue weighted by Gasteiger charge is 2.40. The van der Waals surface area contributed by atoms with Crippen LogP contribution >= 0.6 is 0 Å². The number of rotatable bonds is 7. The first-order chi connectivity index (χ1) is 10.2. The molecule has 0 spiro atoms. The van der Waals surface area contributed by atoms with Crippen LogP contribution in [-0.2, 0) is 4.74 Å². The minimum atomic E-state index is 0.210. The molecule has 2 aliphatic rings. The van der Waals surface area contributed by atoms with E-state index in [1.165, 1.54) is 57.2 Å². The van der Waals surface area contributed by atoms with E-state index >= 15 is 0 Å². The van der Waals surface area contributed by atoms with Crippen LogP contribution in [-0.4, -0.2) is 42.7 Å². The quantitative estimate of drug-likeness (QED) is 0.775. The maximum atomic E-state index is 5.65. The normalized spacial score (nSPS) is 24.8. The molecule has 0 aromatic carbocycles. The van der Waals surface area contributed by atoms with Crippen LogP contribution in [0.15, 0.2) is 11.8 Å². The molecule has 2 atom stereocenters. The molecule has 0 aliphatic carbocycles. The van der Waals surface area contributed by atoms with Gasteiger partial charge in [-0.1, -0.05) is 20.3 Å². The first-order valence-electron chi connectivity index (χ1n) is 9.01.